The number of methoxy groups -OCH3 is 1. The van der Waals surface area contributed by atoms with Crippen LogP contribution in [0.5, 0.6) is 0 Å². The van der Waals surface area contributed by atoms with E-state index in [0.717, 1.165) is 81.1 Å². The van der Waals surface area contributed by atoms with E-state index in [2.05, 4.69) is 103 Å². The zero-order valence-corrected chi connectivity index (χ0v) is 45.4. The number of hydrogen-bond donors (Lipinski definition) is 3. The molecule has 10 nitrogen and oxygen atoms in total. The Bertz CT molecular complexity index is 2540. The van der Waals surface area contributed by atoms with Gasteiger partial charge in [0.2, 0.25) is 0 Å². The number of aromatic amines is 2. The summed E-state index contributed by atoms with van der Waals surface area (Å²) >= 11 is 0. The first-order valence-corrected chi connectivity index (χ1v) is 25.4. The number of rotatable bonds is 24. The summed E-state index contributed by atoms with van der Waals surface area (Å²) in [6.45, 7) is 30.2. The molecule has 0 aliphatic carbocycles. The number of amides is 1. The molecule has 3 aromatic heterocycles. The molecule has 1 amide bonds. The van der Waals surface area contributed by atoms with Crippen LogP contribution in [0.15, 0.2) is 49.1 Å². The van der Waals surface area contributed by atoms with Crippen molar-refractivity contribution in [3.8, 4) is 0 Å². The summed E-state index contributed by atoms with van der Waals surface area (Å²) in [4.78, 5) is 58.9. The monoisotopic (exact) mass is 952 g/mol. The zero-order valence-electron chi connectivity index (χ0n) is 44.0. The summed E-state index contributed by atoms with van der Waals surface area (Å²) in [5.74, 6) is 0.694. The number of aryl methyl sites for hydroxylation is 3. The van der Waals surface area contributed by atoms with Crippen molar-refractivity contribution < 1.29 is 23.9 Å². The third-order valence-corrected chi connectivity index (χ3v) is 14.4. The molecule has 4 atom stereocenters. The Kier molecular flexibility index (Phi) is 22.3. The number of aromatic nitrogens is 4. The number of fused-ring (bicyclic) bond motifs is 8. The number of nitrogens with one attached hydrogen (secondary N) is 3. The standard InChI is InChI=1S/C58H81N5O5.Mg/c1-14-29-59-58(66)55-42(12)50-34-52-44(16-3)40(10)48(61-52)33-51-43(15-2)39(9)47(60-51)32-49-41(11)45(56(62-49)46(57(55)63-50)31-54(65)67-13)26-27-53(64)68-30-28-38(8)25-19-24-37(7)23-18-22-36(6)21-17-20-35(4)5;/h14-15,28,32-37,41,45,60-61H,1-2,16-27,29-31H2,3-13H3,(H,59,66);/q;+2/b38-28+,47-32?,48-33?,49-32?,50-34?,51-33?,52-34?,56-46?,57-46?;. The van der Waals surface area contributed by atoms with Crippen molar-refractivity contribution in [1.29, 1.82) is 0 Å². The first-order valence-electron chi connectivity index (χ1n) is 25.4. The second-order valence-corrected chi connectivity index (χ2v) is 20.1. The fraction of sp³-hybridized carbons (Fsp3) is 0.534. The fourth-order valence-electron chi connectivity index (χ4n) is 10.0. The van der Waals surface area contributed by atoms with Crippen LogP contribution in [0.1, 0.15) is 188 Å². The van der Waals surface area contributed by atoms with E-state index in [9.17, 15) is 14.4 Å². The maximum absolute atomic E-state index is 14.2. The van der Waals surface area contributed by atoms with Crippen molar-refractivity contribution in [3.05, 3.63) is 99.7 Å². The SMILES string of the molecule is C=CCNC(=O)C1=C(C)c2cc3[nH]c(cc4[nH]c(cc5nc(c(CC(=O)OC)c1n2)C(CCC(=O)OC/C=C(\C)CCCC(C)CCCC(C)CCCC(C)C)C5C)c(C)c4C=C)c(C)c3CC.[Mg+2]. The van der Waals surface area contributed by atoms with Gasteiger partial charge in [-0.05, 0) is 118 Å². The van der Waals surface area contributed by atoms with E-state index in [1.807, 2.05) is 25.1 Å². The Morgan fingerprint density at radius 2 is 1.48 bits per heavy atom. The van der Waals surface area contributed by atoms with Gasteiger partial charge in [0, 0.05) is 63.7 Å². The van der Waals surface area contributed by atoms with Gasteiger partial charge >= 0.3 is 35.0 Å². The minimum absolute atomic E-state index is 0. The molecule has 8 bridgehead atoms. The average molecular weight is 953 g/mol. The topological polar surface area (TPSA) is 139 Å². The average Bonchev–Trinajstić information content (AvgIpc) is 3.98. The molecular weight excluding hydrogens is 871 g/mol. The van der Waals surface area contributed by atoms with E-state index in [4.69, 9.17) is 19.4 Å². The van der Waals surface area contributed by atoms with E-state index in [0.29, 0.717) is 46.1 Å². The first-order chi connectivity index (χ1) is 32.5. The number of carbonyl (C=O) groups excluding carboxylic acids is 3. The van der Waals surface area contributed by atoms with Gasteiger partial charge in [0.25, 0.3) is 5.91 Å². The van der Waals surface area contributed by atoms with Gasteiger partial charge in [-0.15, -0.1) is 6.58 Å². The summed E-state index contributed by atoms with van der Waals surface area (Å²) in [6.07, 6.45) is 17.9. The minimum Gasteiger partial charge on any atom is -0.469 e. The van der Waals surface area contributed by atoms with Crippen molar-refractivity contribution in [2.24, 2.45) is 17.8 Å². The van der Waals surface area contributed by atoms with Crippen LogP contribution in [0.25, 0.3) is 39.3 Å². The van der Waals surface area contributed by atoms with Crippen LogP contribution in [0, 0.1) is 31.6 Å². The number of H-pyrrole nitrogens is 2. The first kappa shape index (κ1) is 56.8. The Balaban J connectivity index is 0.0000104. The van der Waals surface area contributed by atoms with E-state index in [1.165, 1.54) is 57.6 Å². The van der Waals surface area contributed by atoms with Gasteiger partial charge in [0.15, 0.2) is 0 Å². The number of ether oxygens (including phenoxy) is 2. The third-order valence-electron chi connectivity index (χ3n) is 14.4. The normalized spacial score (nSPS) is 15.7. The number of esters is 2. The summed E-state index contributed by atoms with van der Waals surface area (Å²) in [7, 11) is 1.35. The predicted molar refractivity (Wildman–Crippen MR) is 287 cm³/mol. The summed E-state index contributed by atoms with van der Waals surface area (Å²) in [6, 6.07) is 6.16. The molecule has 0 aromatic carbocycles. The van der Waals surface area contributed by atoms with Crippen molar-refractivity contribution in [2.75, 3.05) is 20.3 Å². The van der Waals surface area contributed by atoms with Crippen LogP contribution in [0.3, 0.4) is 0 Å². The summed E-state index contributed by atoms with van der Waals surface area (Å²) in [5.41, 5.74) is 13.0. The number of nitrogens with zero attached hydrogens (tertiary/aromatic N) is 2. The predicted octanol–water partition coefficient (Wildman–Crippen LogP) is 13.3. The quantitative estimate of drug-likeness (QED) is 0.0461. The molecule has 4 unspecified atom stereocenters. The van der Waals surface area contributed by atoms with Crippen molar-refractivity contribution >= 4 is 80.2 Å². The minimum atomic E-state index is -0.493. The molecule has 0 saturated carbocycles. The van der Waals surface area contributed by atoms with Crippen molar-refractivity contribution in [2.45, 2.75) is 165 Å². The number of hydrogen-bond acceptors (Lipinski definition) is 7. The van der Waals surface area contributed by atoms with E-state index < -0.39 is 5.97 Å². The third kappa shape index (κ3) is 14.9. The second-order valence-electron chi connectivity index (χ2n) is 20.1. The molecule has 2 aliphatic heterocycles. The number of allylic oxidation sites excluding steroid dienone is 2. The van der Waals surface area contributed by atoms with Gasteiger partial charge < -0.3 is 24.8 Å². The van der Waals surface area contributed by atoms with Gasteiger partial charge in [-0.1, -0.05) is 111 Å². The molecule has 2 aliphatic rings. The Hall–Kier alpha value is -4.74. The molecule has 5 heterocycles. The van der Waals surface area contributed by atoms with Crippen LogP contribution in [0.4, 0.5) is 0 Å². The van der Waals surface area contributed by atoms with Gasteiger partial charge in [-0.3, -0.25) is 19.4 Å². The molecule has 0 saturated heterocycles. The van der Waals surface area contributed by atoms with Crippen molar-refractivity contribution in [1.82, 2.24) is 25.3 Å². The molecule has 3 N–H and O–H groups in total. The molecule has 11 heteroatoms. The zero-order chi connectivity index (χ0) is 49.7. The maximum atomic E-state index is 14.2. The molecule has 368 valence electrons. The molecule has 0 spiro atoms. The molecule has 69 heavy (non-hydrogen) atoms. The molecule has 0 radical (unpaired) electrons. The summed E-state index contributed by atoms with van der Waals surface area (Å²) in [5, 5.41) is 2.96. The van der Waals surface area contributed by atoms with Crippen LogP contribution in [-0.2, 0) is 36.7 Å². The van der Waals surface area contributed by atoms with Crippen LogP contribution in [0.2, 0.25) is 0 Å². The maximum Gasteiger partial charge on any atom is 2.00 e. The smallest absolute Gasteiger partial charge is 0.469 e. The van der Waals surface area contributed by atoms with E-state index in [-0.39, 0.29) is 72.8 Å². The Labute approximate surface area is 429 Å². The van der Waals surface area contributed by atoms with Crippen LogP contribution >= 0.6 is 0 Å². The fourth-order valence-corrected chi connectivity index (χ4v) is 10.0. The van der Waals surface area contributed by atoms with Gasteiger partial charge in [0.05, 0.1) is 36.2 Å². The van der Waals surface area contributed by atoms with Gasteiger partial charge in [0.1, 0.15) is 6.61 Å². The molecule has 3 aromatic rings. The van der Waals surface area contributed by atoms with E-state index in [1.54, 1.807) is 6.08 Å². The Morgan fingerprint density at radius 3 is 2.12 bits per heavy atom. The number of carbonyl (C=O) groups is 3. The van der Waals surface area contributed by atoms with Crippen molar-refractivity contribution in [3.63, 3.8) is 0 Å². The second kappa shape index (κ2) is 27.0. The van der Waals surface area contributed by atoms with Crippen LogP contribution in [-0.4, -0.2) is 81.1 Å². The van der Waals surface area contributed by atoms with Gasteiger partial charge in [-0.2, -0.15) is 0 Å². The Morgan fingerprint density at radius 1 is 0.826 bits per heavy atom. The molecule has 5 rings (SSSR count). The van der Waals surface area contributed by atoms with Crippen LogP contribution < -0.4 is 5.32 Å². The summed E-state index contributed by atoms with van der Waals surface area (Å²) < 4.78 is 11.1. The largest absolute Gasteiger partial charge is 2.00 e. The van der Waals surface area contributed by atoms with Gasteiger partial charge in [-0.25, -0.2) is 4.98 Å². The van der Waals surface area contributed by atoms with E-state index >= 15 is 0 Å². The molecular formula is C58H81MgN5O5+2. The molecule has 0 fully saturated rings.